The highest BCUT2D eigenvalue weighted by Crippen LogP contribution is 2.26. The highest BCUT2D eigenvalue weighted by Gasteiger charge is 2.28. The smallest absolute Gasteiger partial charge is 0.245 e. The molecule has 1 aromatic heterocycles. The molecule has 3 rings (SSSR count). The van der Waals surface area contributed by atoms with Crippen LogP contribution in [0.2, 0.25) is 0 Å². The van der Waals surface area contributed by atoms with Gasteiger partial charge in [-0.3, -0.25) is 4.79 Å². The lowest BCUT2D eigenvalue weighted by molar-refractivity contribution is -0.131. The maximum absolute atomic E-state index is 12.4. The van der Waals surface area contributed by atoms with Crippen LogP contribution in [0.25, 0.3) is 0 Å². The van der Waals surface area contributed by atoms with Gasteiger partial charge in [0.1, 0.15) is 6.04 Å². The Hall–Kier alpha value is -1.88. The highest BCUT2D eigenvalue weighted by atomic mass is 32.1. The van der Waals surface area contributed by atoms with E-state index in [0.717, 1.165) is 17.8 Å². The lowest BCUT2D eigenvalue weighted by Gasteiger charge is -2.20. The van der Waals surface area contributed by atoms with E-state index in [1.165, 1.54) is 5.56 Å². The number of hydrogen-bond acceptors (Lipinski definition) is 4. The van der Waals surface area contributed by atoms with Gasteiger partial charge in [0.25, 0.3) is 0 Å². The van der Waals surface area contributed by atoms with E-state index in [9.17, 15) is 4.79 Å². The molecule has 19 heavy (non-hydrogen) atoms. The van der Waals surface area contributed by atoms with Gasteiger partial charge in [-0.2, -0.15) is 0 Å². The van der Waals surface area contributed by atoms with Gasteiger partial charge < -0.3 is 10.2 Å². The van der Waals surface area contributed by atoms with Crippen molar-refractivity contribution in [2.45, 2.75) is 19.0 Å². The fraction of sp³-hybridized carbons (Fsp3) is 0.286. The average molecular weight is 273 g/mol. The standard InChI is InChI=1S/C14H15N3OS/c1-17(7-11-8-19-9-15-11)14(18)13-6-10-4-2-3-5-12(10)16-13/h2-5,8-9,13,16H,6-7H2,1H3/t13-/m0/s1. The second kappa shape index (κ2) is 5.01. The Labute approximate surface area is 116 Å². The molecule has 0 saturated carbocycles. The number of para-hydroxylation sites is 1. The van der Waals surface area contributed by atoms with Crippen molar-refractivity contribution < 1.29 is 4.79 Å². The van der Waals surface area contributed by atoms with Crippen molar-refractivity contribution in [3.05, 3.63) is 46.4 Å². The molecule has 0 fully saturated rings. The van der Waals surface area contributed by atoms with Crippen molar-refractivity contribution in [1.82, 2.24) is 9.88 Å². The summed E-state index contributed by atoms with van der Waals surface area (Å²) in [5.41, 5.74) is 5.01. The number of nitrogens with zero attached hydrogens (tertiary/aromatic N) is 2. The van der Waals surface area contributed by atoms with Crippen LogP contribution in [-0.2, 0) is 17.8 Å². The molecule has 0 unspecified atom stereocenters. The summed E-state index contributed by atoms with van der Waals surface area (Å²) in [4.78, 5) is 18.3. The van der Waals surface area contributed by atoms with E-state index in [1.54, 1.807) is 21.7 Å². The molecule has 5 heteroatoms. The number of fused-ring (bicyclic) bond motifs is 1. The Morgan fingerprint density at radius 3 is 3.11 bits per heavy atom. The third-order valence-electron chi connectivity index (χ3n) is 3.33. The van der Waals surface area contributed by atoms with Gasteiger partial charge in [0.2, 0.25) is 5.91 Å². The third-order valence-corrected chi connectivity index (χ3v) is 3.96. The largest absolute Gasteiger partial charge is 0.373 e. The Balaban J connectivity index is 1.66. The molecule has 4 nitrogen and oxygen atoms in total. The zero-order valence-electron chi connectivity index (χ0n) is 10.7. The first-order valence-corrected chi connectivity index (χ1v) is 7.15. The van der Waals surface area contributed by atoms with Crippen molar-refractivity contribution in [2.75, 3.05) is 12.4 Å². The van der Waals surface area contributed by atoms with Crippen LogP contribution in [-0.4, -0.2) is 28.9 Å². The summed E-state index contributed by atoms with van der Waals surface area (Å²) in [5, 5.41) is 5.26. The van der Waals surface area contributed by atoms with Crippen LogP contribution in [0, 0.1) is 0 Å². The van der Waals surface area contributed by atoms with Gasteiger partial charge in [-0.1, -0.05) is 18.2 Å². The maximum Gasteiger partial charge on any atom is 0.245 e. The van der Waals surface area contributed by atoms with Crippen LogP contribution in [0.1, 0.15) is 11.3 Å². The van der Waals surface area contributed by atoms with Crippen LogP contribution in [0.3, 0.4) is 0 Å². The summed E-state index contributed by atoms with van der Waals surface area (Å²) in [6, 6.07) is 7.92. The normalized spacial score (nSPS) is 16.8. The molecular weight excluding hydrogens is 258 g/mol. The molecule has 1 amide bonds. The van der Waals surface area contributed by atoms with Crippen molar-refractivity contribution in [2.24, 2.45) is 0 Å². The molecule has 0 radical (unpaired) electrons. The number of benzene rings is 1. The summed E-state index contributed by atoms with van der Waals surface area (Å²) < 4.78 is 0. The number of aromatic nitrogens is 1. The highest BCUT2D eigenvalue weighted by molar-refractivity contribution is 7.07. The molecule has 1 atom stereocenters. The number of thiazole rings is 1. The van der Waals surface area contributed by atoms with E-state index >= 15 is 0 Å². The fourth-order valence-corrected chi connectivity index (χ4v) is 2.90. The molecular formula is C14H15N3OS. The van der Waals surface area contributed by atoms with E-state index in [-0.39, 0.29) is 11.9 Å². The number of amides is 1. The van der Waals surface area contributed by atoms with Crippen molar-refractivity contribution in [3.63, 3.8) is 0 Å². The van der Waals surface area contributed by atoms with Crippen molar-refractivity contribution in [3.8, 4) is 0 Å². The quantitative estimate of drug-likeness (QED) is 0.932. The third kappa shape index (κ3) is 2.46. The first-order chi connectivity index (χ1) is 9.24. The molecule has 0 spiro atoms. The molecule has 0 aliphatic carbocycles. The topological polar surface area (TPSA) is 45.2 Å². The number of rotatable bonds is 3. The van der Waals surface area contributed by atoms with E-state index in [2.05, 4.69) is 16.4 Å². The summed E-state index contributed by atoms with van der Waals surface area (Å²) >= 11 is 1.55. The first kappa shape index (κ1) is 12.2. The van der Waals surface area contributed by atoms with Gasteiger partial charge in [0.15, 0.2) is 0 Å². The fourth-order valence-electron chi connectivity index (χ4n) is 2.35. The van der Waals surface area contributed by atoms with Crippen LogP contribution in [0.4, 0.5) is 5.69 Å². The van der Waals surface area contributed by atoms with Crippen molar-refractivity contribution in [1.29, 1.82) is 0 Å². The molecule has 2 heterocycles. The van der Waals surface area contributed by atoms with E-state index in [1.807, 2.05) is 30.6 Å². The molecule has 98 valence electrons. The predicted octanol–water partition coefficient (Wildman–Crippen LogP) is 2.14. The predicted molar refractivity (Wildman–Crippen MR) is 76.1 cm³/mol. The minimum Gasteiger partial charge on any atom is -0.373 e. The minimum atomic E-state index is -0.152. The number of carbonyl (C=O) groups is 1. The number of carbonyl (C=O) groups excluding carboxylic acids is 1. The molecule has 1 N–H and O–H groups in total. The van der Waals surface area contributed by atoms with Crippen molar-refractivity contribution >= 4 is 22.9 Å². The lowest BCUT2D eigenvalue weighted by atomic mass is 10.1. The molecule has 1 aliphatic rings. The van der Waals surface area contributed by atoms with E-state index < -0.39 is 0 Å². The summed E-state index contributed by atoms with van der Waals surface area (Å²) in [7, 11) is 1.83. The Kier molecular flexibility index (Phi) is 3.21. The van der Waals surface area contributed by atoms with Gasteiger partial charge >= 0.3 is 0 Å². The minimum absolute atomic E-state index is 0.115. The monoisotopic (exact) mass is 273 g/mol. The number of hydrogen-bond donors (Lipinski definition) is 1. The number of anilines is 1. The average Bonchev–Trinajstić information content (AvgIpc) is 3.05. The van der Waals surface area contributed by atoms with Gasteiger partial charge in [0.05, 0.1) is 17.7 Å². The van der Waals surface area contributed by atoms with Gasteiger partial charge in [0, 0.05) is 24.5 Å². The Morgan fingerprint density at radius 2 is 2.37 bits per heavy atom. The zero-order valence-corrected chi connectivity index (χ0v) is 11.5. The molecule has 1 aliphatic heterocycles. The Bertz CT molecular complexity index is 557. The SMILES string of the molecule is CN(Cc1cscn1)C(=O)[C@@H]1Cc2ccccc2N1. The molecule has 0 saturated heterocycles. The van der Waals surface area contributed by atoms with E-state index in [0.29, 0.717) is 6.54 Å². The molecule has 0 bridgehead atoms. The van der Waals surface area contributed by atoms with Crippen LogP contribution >= 0.6 is 11.3 Å². The second-order valence-corrected chi connectivity index (χ2v) is 5.45. The molecule has 2 aromatic rings. The zero-order chi connectivity index (χ0) is 13.2. The van der Waals surface area contributed by atoms with E-state index in [4.69, 9.17) is 0 Å². The van der Waals surface area contributed by atoms with Gasteiger partial charge in [-0.15, -0.1) is 11.3 Å². The second-order valence-electron chi connectivity index (χ2n) is 4.73. The summed E-state index contributed by atoms with van der Waals surface area (Å²) in [6.45, 7) is 0.566. The van der Waals surface area contributed by atoms with Gasteiger partial charge in [-0.25, -0.2) is 4.98 Å². The summed E-state index contributed by atoms with van der Waals surface area (Å²) in [6.07, 6.45) is 0.760. The summed E-state index contributed by atoms with van der Waals surface area (Å²) in [5.74, 6) is 0.115. The first-order valence-electron chi connectivity index (χ1n) is 6.20. The van der Waals surface area contributed by atoms with Crippen LogP contribution in [0.5, 0.6) is 0 Å². The number of likely N-dealkylation sites (N-methyl/N-ethyl adjacent to an activating group) is 1. The lowest BCUT2D eigenvalue weighted by Crippen LogP contribution is -2.39. The maximum atomic E-state index is 12.4. The molecule has 1 aromatic carbocycles. The van der Waals surface area contributed by atoms with Crippen LogP contribution < -0.4 is 5.32 Å². The Morgan fingerprint density at radius 1 is 1.53 bits per heavy atom. The van der Waals surface area contributed by atoms with Crippen LogP contribution in [0.15, 0.2) is 35.2 Å². The number of nitrogens with one attached hydrogen (secondary N) is 1. The van der Waals surface area contributed by atoms with Gasteiger partial charge in [-0.05, 0) is 11.6 Å².